The summed E-state index contributed by atoms with van der Waals surface area (Å²) in [6.45, 7) is 0. The summed E-state index contributed by atoms with van der Waals surface area (Å²) in [5.41, 5.74) is 1.52. The van der Waals surface area contributed by atoms with Crippen LogP contribution in [0, 0.1) is 0 Å². The Morgan fingerprint density at radius 3 is 1.27 bits per heavy atom. The van der Waals surface area contributed by atoms with Gasteiger partial charge < -0.3 is 30.8 Å². The zero-order valence-electron chi connectivity index (χ0n) is 17.2. The van der Waals surface area contributed by atoms with Crippen LogP contribution in [0.5, 0.6) is 0 Å². The van der Waals surface area contributed by atoms with E-state index in [4.69, 9.17) is 10.2 Å². The van der Waals surface area contributed by atoms with Gasteiger partial charge in [-0.1, -0.05) is 96.8 Å². The monoisotopic (exact) mass is 486 g/mol. The van der Waals surface area contributed by atoms with E-state index in [2.05, 4.69) is 20.6 Å². The predicted molar refractivity (Wildman–Crippen MR) is 123 cm³/mol. The van der Waals surface area contributed by atoms with E-state index in [9.17, 15) is 9.59 Å². The van der Waals surface area contributed by atoms with E-state index < -0.39 is 11.9 Å². The second-order valence-electron chi connectivity index (χ2n) is 6.29. The zero-order valence-corrected chi connectivity index (χ0v) is 18.1. The van der Waals surface area contributed by atoms with Crippen LogP contribution in [0.2, 0.25) is 0 Å². The van der Waals surface area contributed by atoms with Crippen LogP contribution < -0.4 is 0 Å². The number of hydrogen-bond donors (Lipinski definition) is 0. The Labute approximate surface area is 200 Å². The van der Waals surface area contributed by atoms with Crippen molar-refractivity contribution in [2.75, 3.05) is 0 Å². The molecular weight excluding hydrogens is 467 g/mol. The van der Waals surface area contributed by atoms with Gasteiger partial charge in [0, 0.05) is 9.59 Å². The fourth-order valence-corrected chi connectivity index (χ4v) is 2.61. The van der Waals surface area contributed by atoms with Crippen molar-refractivity contribution in [2.24, 2.45) is 0 Å². The molecule has 33 heavy (non-hydrogen) atoms. The van der Waals surface area contributed by atoms with Crippen molar-refractivity contribution in [1.82, 2.24) is 9.97 Å². The minimum Gasteiger partial charge on any atom is -0.561 e. The predicted octanol–water partition coefficient (Wildman–Crippen LogP) is 4.56. The van der Waals surface area contributed by atoms with E-state index >= 15 is 0 Å². The van der Waals surface area contributed by atoms with Gasteiger partial charge in [0.2, 0.25) is 0 Å². The molecule has 0 atom stereocenters. The summed E-state index contributed by atoms with van der Waals surface area (Å²) in [6.07, 6.45) is 3.26. The van der Waals surface area contributed by atoms with Crippen LogP contribution in [0.4, 0.5) is 23.0 Å². The van der Waals surface area contributed by atoms with Crippen molar-refractivity contribution in [1.29, 1.82) is 0 Å². The number of rotatable bonds is 6. The summed E-state index contributed by atoms with van der Waals surface area (Å²) < 4.78 is 0. The molecule has 0 fully saturated rings. The summed E-state index contributed by atoms with van der Waals surface area (Å²) in [4.78, 5) is 30.2. The van der Waals surface area contributed by atoms with E-state index in [-0.39, 0.29) is 27.6 Å². The van der Waals surface area contributed by atoms with Crippen molar-refractivity contribution < 1.29 is 36.3 Å². The molecule has 4 N–H and O–H groups in total. The first-order chi connectivity index (χ1) is 15.5. The molecule has 4 aromatic rings. The summed E-state index contributed by atoms with van der Waals surface area (Å²) in [5, 5.41) is 22.6. The number of para-hydroxylation sites is 2. The summed E-state index contributed by atoms with van der Waals surface area (Å²) in [7, 11) is 0. The minimum atomic E-state index is -0.740. The van der Waals surface area contributed by atoms with E-state index in [0.29, 0.717) is 23.0 Å². The van der Waals surface area contributed by atoms with E-state index in [1.807, 2.05) is 12.1 Å². The Kier molecular flexibility index (Phi) is 9.55. The molecule has 0 unspecified atom stereocenters. The first-order valence-corrected chi connectivity index (χ1v) is 9.50. The SMILES string of the molecule is O=C([OH2+])c1ccccc1[N-]c1ccccn1.O=C([OH2+])c1ccccc1[N-]c1ccccn1.[Ni+2]. The molecular formula is C24H20N4NiO4+2. The Balaban J connectivity index is 0.000000227. The standard InChI is InChI=1S/2C12H10N2O2.Ni/c2*15-12(16)9-5-1-2-6-10(9)14-11-7-3-4-8-13-11;/h2*1-8H,(H2,13,14,15,16);/q;;+2. The Bertz CT molecular complexity index is 1100. The molecule has 9 heteroatoms. The first kappa shape index (κ1) is 25.0. The molecule has 2 aromatic heterocycles. The minimum absolute atomic E-state index is 0. The average Bonchev–Trinajstić information content (AvgIpc) is 2.81. The van der Waals surface area contributed by atoms with Crippen LogP contribution in [0.1, 0.15) is 20.7 Å². The van der Waals surface area contributed by atoms with Crippen molar-refractivity contribution in [3.05, 3.63) is 119 Å². The second-order valence-corrected chi connectivity index (χ2v) is 6.29. The van der Waals surface area contributed by atoms with Gasteiger partial charge in [-0.3, -0.25) is 0 Å². The van der Waals surface area contributed by atoms with Crippen LogP contribution in [0.25, 0.3) is 10.6 Å². The van der Waals surface area contributed by atoms with Crippen molar-refractivity contribution in [3.8, 4) is 0 Å². The van der Waals surface area contributed by atoms with Crippen LogP contribution in [-0.4, -0.2) is 32.1 Å². The number of hydrogen-bond acceptors (Lipinski definition) is 4. The Hall–Kier alpha value is -4.23. The number of pyridine rings is 2. The van der Waals surface area contributed by atoms with Crippen molar-refractivity contribution in [2.45, 2.75) is 0 Å². The molecule has 2 heterocycles. The van der Waals surface area contributed by atoms with Gasteiger partial charge in [0.15, 0.2) is 0 Å². The zero-order chi connectivity index (χ0) is 22.8. The van der Waals surface area contributed by atoms with Gasteiger partial charge in [0.25, 0.3) is 0 Å². The average molecular weight is 487 g/mol. The molecule has 0 saturated heterocycles. The number of benzene rings is 2. The quantitative estimate of drug-likeness (QED) is 0.291. The first-order valence-electron chi connectivity index (χ1n) is 9.50. The van der Waals surface area contributed by atoms with Gasteiger partial charge in [0.1, 0.15) is 11.1 Å². The maximum absolute atomic E-state index is 11.0. The molecule has 0 aliphatic rings. The summed E-state index contributed by atoms with van der Waals surface area (Å²) >= 11 is 0. The van der Waals surface area contributed by atoms with Gasteiger partial charge in [0.05, 0.1) is 0 Å². The van der Waals surface area contributed by atoms with E-state index in [1.165, 1.54) is 0 Å². The van der Waals surface area contributed by atoms with Crippen molar-refractivity contribution in [3.63, 3.8) is 0 Å². The molecule has 168 valence electrons. The maximum atomic E-state index is 11.0. The van der Waals surface area contributed by atoms with Crippen LogP contribution in [0.15, 0.2) is 97.3 Å². The molecule has 0 aliphatic carbocycles. The van der Waals surface area contributed by atoms with Gasteiger partial charge in [-0.25, -0.2) is 0 Å². The normalized spacial score (nSPS) is 9.45. The van der Waals surface area contributed by atoms with Crippen molar-refractivity contribution >= 4 is 34.9 Å². The van der Waals surface area contributed by atoms with Crippen LogP contribution >= 0.6 is 0 Å². The van der Waals surface area contributed by atoms with Gasteiger partial charge in [-0.05, 0) is 23.5 Å². The topological polar surface area (TPSA) is 134 Å². The Morgan fingerprint density at radius 1 is 0.576 bits per heavy atom. The summed E-state index contributed by atoms with van der Waals surface area (Å²) in [6, 6.07) is 24.2. The fraction of sp³-hybridized carbons (Fsp3) is 0. The molecule has 0 aliphatic heterocycles. The second kappa shape index (κ2) is 12.6. The number of aromatic nitrogens is 2. The number of nitrogens with zero attached hydrogens (tertiary/aromatic N) is 4. The third-order valence-corrected chi connectivity index (χ3v) is 4.07. The van der Waals surface area contributed by atoms with Gasteiger partial charge in [-0.15, -0.1) is 0 Å². The molecule has 8 nitrogen and oxygen atoms in total. The van der Waals surface area contributed by atoms with Gasteiger partial charge >= 0.3 is 28.4 Å². The van der Waals surface area contributed by atoms with Crippen LogP contribution in [0.3, 0.4) is 0 Å². The third-order valence-electron chi connectivity index (χ3n) is 4.07. The van der Waals surface area contributed by atoms with Gasteiger partial charge in [-0.2, -0.15) is 0 Å². The number of carbonyl (C=O) groups excluding carboxylic acids is 2. The largest absolute Gasteiger partial charge is 2.00 e. The fourth-order valence-electron chi connectivity index (χ4n) is 2.61. The molecule has 4 rings (SSSR count). The Morgan fingerprint density at radius 2 is 0.939 bits per heavy atom. The molecule has 2 aromatic carbocycles. The molecule has 0 radical (unpaired) electrons. The smallest absolute Gasteiger partial charge is 0.561 e. The summed E-state index contributed by atoms with van der Waals surface area (Å²) in [5.74, 6) is -0.432. The van der Waals surface area contributed by atoms with Crippen LogP contribution in [-0.2, 0) is 16.5 Å². The third kappa shape index (κ3) is 7.45. The molecule has 0 amide bonds. The van der Waals surface area contributed by atoms with E-state index in [1.54, 1.807) is 85.2 Å². The molecule has 0 spiro atoms. The number of carbonyl (C=O) groups is 2. The molecule has 0 bridgehead atoms. The maximum Gasteiger partial charge on any atom is 2.00 e. The van der Waals surface area contributed by atoms with E-state index in [0.717, 1.165) is 0 Å². The molecule has 0 saturated carbocycles.